The first-order valence-electron chi connectivity index (χ1n) is 7.02. The highest BCUT2D eigenvalue weighted by Gasteiger charge is 2.30. The Labute approximate surface area is 135 Å². The molecule has 0 spiro atoms. The quantitative estimate of drug-likeness (QED) is 0.848. The average molecular weight is 341 g/mol. The molecule has 5 nitrogen and oxygen atoms in total. The van der Waals surface area contributed by atoms with E-state index in [0.29, 0.717) is 6.54 Å². The van der Waals surface area contributed by atoms with Gasteiger partial charge in [-0.15, -0.1) is 0 Å². The molecule has 0 atom stereocenters. The SMILES string of the molecule is CCNC(=O)COC(=O)c1ccc(-c2cccc(C(F)(F)F)c2)o1. The topological polar surface area (TPSA) is 68.5 Å². The van der Waals surface area contributed by atoms with E-state index in [2.05, 4.69) is 5.32 Å². The van der Waals surface area contributed by atoms with Crippen molar-refractivity contribution in [1.82, 2.24) is 5.32 Å². The first-order chi connectivity index (χ1) is 11.3. The summed E-state index contributed by atoms with van der Waals surface area (Å²) in [6.07, 6.45) is -4.48. The predicted octanol–water partition coefficient (Wildman–Crippen LogP) is 3.26. The highest BCUT2D eigenvalue weighted by atomic mass is 19.4. The molecule has 1 aromatic heterocycles. The maximum Gasteiger partial charge on any atom is 0.416 e. The zero-order valence-electron chi connectivity index (χ0n) is 12.6. The molecule has 8 heteroatoms. The summed E-state index contributed by atoms with van der Waals surface area (Å²) in [4.78, 5) is 23.0. The third kappa shape index (κ3) is 4.37. The van der Waals surface area contributed by atoms with Gasteiger partial charge in [-0.25, -0.2) is 4.79 Å². The van der Waals surface area contributed by atoms with E-state index in [1.807, 2.05) is 0 Å². The van der Waals surface area contributed by atoms with Gasteiger partial charge in [-0.1, -0.05) is 12.1 Å². The molecule has 2 rings (SSSR count). The molecule has 0 radical (unpaired) electrons. The fourth-order valence-corrected chi connectivity index (χ4v) is 1.90. The van der Waals surface area contributed by atoms with E-state index < -0.39 is 30.2 Å². The Hall–Kier alpha value is -2.77. The second kappa shape index (κ2) is 7.20. The molecular formula is C16H14F3NO4. The first kappa shape index (κ1) is 17.6. The van der Waals surface area contributed by atoms with Crippen LogP contribution in [0.3, 0.4) is 0 Å². The summed E-state index contributed by atoms with van der Waals surface area (Å²) in [5, 5.41) is 2.45. The molecule has 0 saturated heterocycles. The van der Waals surface area contributed by atoms with Crippen LogP contribution < -0.4 is 5.32 Å². The summed E-state index contributed by atoms with van der Waals surface area (Å²) >= 11 is 0. The Kier molecular flexibility index (Phi) is 5.28. The molecule has 24 heavy (non-hydrogen) atoms. The van der Waals surface area contributed by atoms with Crippen LogP contribution in [0.2, 0.25) is 0 Å². The maximum atomic E-state index is 12.7. The van der Waals surface area contributed by atoms with Gasteiger partial charge in [0.25, 0.3) is 5.91 Å². The van der Waals surface area contributed by atoms with Crippen molar-refractivity contribution in [1.29, 1.82) is 0 Å². The number of hydrogen-bond acceptors (Lipinski definition) is 4. The minimum atomic E-state index is -4.48. The van der Waals surface area contributed by atoms with E-state index in [4.69, 9.17) is 9.15 Å². The monoisotopic (exact) mass is 341 g/mol. The maximum absolute atomic E-state index is 12.7. The van der Waals surface area contributed by atoms with Gasteiger partial charge in [-0.2, -0.15) is 13.2 Å². The number of alkyl halides is 3. The largest absolute Gasteiger partial charge is 0.450 e. The molecule has 0 saturated carbocycles. The Bertz CT molecular complexity index is 737. The van der Waals surface area contributed by atoms with Gasteiger partial charge in [0.15, 0.2) is 6.61 Å². The van der Waals surface area contributed by atoms with Gasteiger partial charge in [-0.05, 0) is 31.2 Å². The number of ether oxygens (including phenoxy) is 1. The second-order valence-corrected chi connectivity index (χ2v) is 4.77. The minimum absolute atomic E-state index is 0.0889. The van der Waals surface area contributed by atoms with Gasteiger partial charge in [0, 0.05) is 12.1 Å². The van der Waals surface area contributed by atoms with Crippen molar-refractivity contribution in [3.05, 3.63) is 47.7 Å². The van der Waals surface area contributed by atoms with E-state index in [9.17, 15) is 22.8 Å². The van der Waals surface area contributed by atoms with Crippen molar-refractivity contribution in [2.75, 3.05) is 13.2 Å². The molecule has 0 fully saturated rings. The van der Waals surface area contributed by atoms with Gasteiger partial charge in [0.2, 0.25) is 5.76 Å². The summed E-state index contributed by atoms with van der Waals surface area (Å²) in [7, 11) is 0. The number of amides is 1. The zero-order chi connectivity index (χ0) is 17.7. The van der Waals surface area contributed by atoms with Crippen LogP contribution in [0.4, 0.5) is 13.2 Å². The number of carbonyl (C=O) groups is 2. The number of esters is 1. The molecule has 128 valence electrons. The third-order valence-corrected chi connectivity index (χ3v) is 2.99. The molecule has 1 aromatic carbocycles. The summed E-state index contributed by atoms with van der Waals surface area (Å²) in [5.41, 5.74) is -0.649. The number of likely N-dealkylation sites (N-methyl/N-ethyl adjacent to an activating group) is 1. The Morgan fingerprint density at radius 3 is 2.62 bits per heavy atom. The Morgan fingerprint density at radius 1 is 1.21 bits per heavy atom. The fraction of sp³-hybridized carbons (Fsp3) is 0.250. The van der Waals surface area contributed by atoms with E-state index >= 15 is 0 Å². The Balaban J connectivity index is 2.10. The molecular weight excluding hydrogens is 327 g/mol. The Morgan fingerprint density at radius 2 is 1.96 bits per heavy atom. The van der Waals surface area contributed by atoms with E-state index in [1.54, 1.807) is 6.92 Å². The summed E-state index contributed by atoms with van der Waals surface area (Å²) in [5.74, 6) is -1.45. The van der Waals surface area contributed by atoms with Crippen molar-refractivity contribution < 1.29 is 31.9 Å². The van der Waals surface area contributed by atoms with Crippen LogP contribution in [0.15, 0.2) is 40.8 Å². The summed E-state index contributed by atoms with van der Waals surface area (Å²) in [6.45, 7) is 1.65. The van der Waals surface area contributed by atoms with Gasteiger partial charge in [0.1, 0.15) is 5.76 Å². The number of benzene rings is 1. The normalized spacial score (nSPS) is 11.2. The highest BCUT2D eigenvalue weighted by molar-refractivity contribution is 5.89. The van der Waals surface area contributed by atoms with Crippen LogP contribution in [-0.2, 0) is 15.7 Å². The molecule has 0 aliphatic rings. The van der Waals surface area contributed by atoms with E-state index in [-0.39, 0.29) is 17.1 Å². The van der Waals surface area contributed by atoms with Crippen LogP contribution in [0.1, 0.15) is 23.0 Å². The third-order valence-electron chi connectivity index (χ3n) is 2.99. The van der Waals surface area contributed by atoms with Crippen molar-refractivity contribution >= 4 is 11.9 Å². The lowest BCUT2D eigenvalue weighted by atomic mass is 10.1. The lowest BCUT2D eigenvalue weighted by Crippen LogP contribution is -2.28. The minimum Gasteiger partial charge on any atom is -0.450 e. The van der Waals surface area contributed by atoms with E-state index in [1.165, 1.54) is 24.3 Å². The van der Waals surface area contributed by atoms with Crippen molar-refractivity contribution in [3.8, 4) is 11.3 Å². The van der Waals surface area contributed by atoms with Crippen LogP contribution in [0.5, 0.6) is 0 Å². The zero-order valence-corrected chi connectivity index (χ0v) is 12.6. The number of hydrogen-bond donors (Lipinski definition) is 1. The predicted molar refractivity (Wildman–Crippen MR) is 78.1 cm³/mol. The van der Waals surface area contributed by atoms with Gasteiger partial charge < -0.3 is 14.5 Å². The van der Waals surface area contributed by atoms with Gasteiger partial charge in [-0.3, -0.25) is 4.79 Å². The number of halogens is 3. The lowest BCUT2D eigenvalue weighted by molar-refractivity contribution is -0.137. The average Bonchev–Trinajstić information content (AvgIpc) is 3.02. The smallest absolute Gasteiger partial charge is 0.416 e. The highest BCUT2D eigenvalue weighted by Crippen LogP contribution is 2.32. The standard InChI is InChI=1S/C16H14F3NO4/c1-2-20-14(21)9-23-15(22)13-7-6-12(24-13)10-4-3-5-11(8-10)16(17,18)19/h3-8H,2,9H2,1H3,(H,20,21). The van der Waals surface area contributed by atoms with Crippen molar-refractivity contribution in [2.45, 2.75) is 13.1 Å². The number of nitrogens with one attached hydrogen (secondary N) is 1. The fourth-order valence-electron chi connectivity index (χ4n) is 1.90. The van der Waals surface area contributed by atoms with Crippen LogP contribution in [0.25, 0.3) is 11.3 Å². The van der Waals surface area contributed by atoms with Crippen LogP contribution in [-0.4, -0.2) is 25.0 Å². The van der Waals surface area contributed by atoms with Crippen LogP contribution in [0, 0.1) is 0 Å². The molecule has 1 amide bonds. The second-order valence-electron chi connectivity index (χ2n) is 4.77. The molecule has 0 unspecified atom stereocenters. The lowest BCUT2D eigenvalue weighted by Gasteiger charge is -2.07. The van der Waals surface area contributed by atoms with Crippen LogP contribution >= 0.6 is 0 Å². The first-order valence-corrected chi connectivity index (χ1v) is 7.02. The molecule has 0 aliphatic carbocycles. The molecule has 0 bridgehead atoms. The van der Waals surface area contributed by atoms with Crippen molar-refractivity contribution in [3.63, 3.8) is 0 Å². The van der Waals surface area contributed by atoms with E-state index in [0.717, 1.165) is 12.1 Å². The summed E-state index contributed by atoms with van der Waals surface area (Å²) in [6, 6.07) is 7.16. The number of carbonyl (C=O) groups excluding carboxylic acids is 2. The molecule has 1 heterocycles. The van der Waals surface area contributed by atoms with Crippen molar-refractivity contribution in [2.24, 2.45) is 0 Å². The number of rotatable bonds is 5. The number of furan rings is 1. The summed E-state index contributed by atoms with van der Waals surface area (Å²) < 4.78 is 48.1. The molecule has 1 N–H and O–H groups in total. The van der Waals surface area contributed by atoms with Gasteiger partial charge >= 0.3 is 12.1 Å². The molecule has 0 aliphatic heterocycles. The van der Waals surface area contributed by atoms with Gasteiger partial charge in [0.05, 0.1) is 5.56 Å². The molecule has 2 aromatic rings.